The molecular weight excluding hydrogens is 180 g/mol. The van der Waals surface area contributed by atoms with Crippen molar-refractivity contribution in [1.82, 2.24) is 0 Å². The second kappa shape index (κ2) is 10.3. The third kappa shape index (κ3) is 10.1. The number of thiol groups is 1. The summed E-state index contributed by atoms with van der Waals surface area (Å²) < 4.78 is 0. The number of hydrogen-bond donors (Lipinski definition) is 2. The molecule has 0 aromatic rings. The summed E-state index contributed by atoms with van der Waals surface area (Å²) in [5, 5.41) is 10.1. The molecule has 13 heavy (non-hydrogen) atoms. The predicted molar refractivity (Wildman–Crippen MR) is 65.2 cm³/mol. The van der Waals surface area contributed by atoms with Gasteiger partial charge in [0.2, 0.25) is 0 Å². The minimum atomic E-state index is 0.693. The van der Waals surface area contributed by atoms with Gasteiger partial charge in [-0.05, 0) is 25.0 Å². The summed E-state index contributed by atoms with van der Waals surface area (Å²) in [6.07, 6.45) is 8.50. The molecular formula is C11H24OS. The first-order valence-electron chi connectivity index (χ1n) is 5.53. The van der Waals surface area contributed by atoms with E-state index in [1.807, 2.05) is 0 Å². The van der Waals surface area contributed by atoms with Crippen LogP contribution >= 0.6 is 11.4 Å². The molecule has 0 fully saturated rings. The molecule has 0 spiro atoms. The SMILES string of the molecule is CCCCCCCC(O)=[SH]CCC. The zero-order valence-corrected chi connectivity index (χ0v) is 9.95. The molecule has 0 amide bonds. The van der Waals surface area contributed by atoms with E-state index >= 15 is 0 Å². The topological polar surface area (TPSA) is 20.2 Å². The summed E-state index contributed by atoms with van der Waals surface area (Å²) in [5.41, 5.74) is 0. The highest BCUT2D eigenvalue weighted by Gasteiger charge is 1.92. The quantitative estimate of drug-likeness (QED) is 0.349. The lowest BCUT2D eigenvalue weighted by Crippen LogP contribution is -1.93. The lowest BCUT2D eigenvalue weighted by atomic mass is 10.1. The Balaban J connectivity index is 3.21. The Morgan fingerprint density at radius 2 is 1.69 bits per heavy atom. The summed E-state index contributed by atoms with van der Waals surface area (Å²) in [4.78, 5) is 0. The molecule has 80 valence electrons. The average Bonchev–Trinajstić information content (AvgIpc) is 2.14. The zero-order valence-electron chi connectivity index (χ0n) is 9.05. The summed E-state index contributed by atoms with van der Waals surface area (Å²) in [7, 11) is 0. The van der Waals surface area contributed by atoms with Gasteiger partial charge in [-0.2, -0.15) is 11.4 Å². The fraction of sp³-hybridized carbons (Fsp3) is 0.909. The van der Waals surface area contributed by atoms with E-state index in [-0.39, 0.29) is 0 Å². The van der Waals surface area contributed by atoms with Crippen LogP contribution in [0, 0.1) is 0 Å². The number of unbranched alkanes of at least 4 members (excludes halogenated alkanes) is 4. The van der Waals surface area contributed by atoms with E-state index in [0.29, 0.717) is 5.05 Å². The van der Waals surface area contributed by atoms with Crippen molar-refractivity contribution in [3.63, 3.8) is 0 Å². The van der Waals surface area contributed by atoms with Gasteiger partial charge < -0.3 is 5.11 Å². The van der Waals surface area contributed by atoms with E-state index in [0.717, 1.165) is 23.5 Å². The lowest BCUT2D eigenvalue weighted by Gasteiger charge is -2.00. The van der Waals surface area contributed by atoms with E-state index in [1.54, 1.807) is 0 Å². The summed E-state index contributed by atoms with van der Waals surface area (Å²) >= 11 is 1.15. The lowest BCUT2D eigenvalue weighted by molar-refractivity contribution is 0.534. The number of aliphatic hydroxyl groups is 1. The Bertz CT molecular complexity index is 132. The summed E-state index contributed by atoms with van der Waals surface area (Å²) in [6.45, 7) is 4.38. The van der Waals surface area contributed by atoms with Crippen LogP contribution in [0.15, 0.2) is 0 Å². The number of rotatable bonds is 8. The van der Waals surface area contributed by atoms with Gasteiger partial charge in [0.05, 0.1) is 5.05 Å². The van der Waals surface area contributed by atoms with E-state index in [4.69, 9.17) is 0 Å². The maximum absolute atomic E-state index is 9.44. The van der Waals surface area contributed by atoms with E-state index in [2.05, 4.69) is 13.8 Å². The summed E-state index contributed by atoms with van der Waals surface area (Å²) in [6, 6.07) is 0. The van der Waals surface area contributed by atoms with Gasteiger partial charge >= 0.3 is 0 Å². The molecule has 2 heteroatoms. The normalized spacial score (nSPS) is 12.7. The van der Waals surface area contributed by atoms with Crippen molar-refractivity contribution in [2.45, 2.75) is 58.8 Å². The van der Waals surface area contributed by atoms with Gasteiger partial charge in [-0.3, -0.25) is 0 Å². The van der Waals surface area contributed by atoms with Gasteiger partial charge in [0.1, 0.15) is 0 Å². The van der Waals surface area contributed by atoms with Crippen molar-refractivity contribution in [2.75, 3.05) is 5.75 Å². The Morgan fingerprint density at radius 3 is 2.31 bits per heavy atom. The average molecular weight is 204 g/mol. The van der Waals surface area contributed by atoms with E-state index < -0.39 is 0 Å². The molecule has 0 rings (SSSR count). The summed E-state index contributed by atoms with van der Waals surface area (Å²) in [5.74, 6) is 1.11. The monoisotopic (exact) mass is 204 g/mol. The second-order valence-corrected chi connectivity index (χ2v) is 4.74. The molecule has 0 radical (unpaired) electrons. The third-order valence-electron chi connectivity index (χ3n) is 2.02. The largest absolute Gasteiger partial charge is 0.360 e. The maximum atomic E-state index is 9.44. The first-order valence-corrected chi connectivity index (χ1v) is 6.61. The zero-order chi connectivity index (χ0) is 9.94. The highest BCUT2D eigenvalue weighted by atomic mass is 32.1. The van der Waals surface area contributed by atoms with Crippen LogP contribution < -0.4 is 0 Å². The van der Waals surface area contributed by atoms with Crippen molar-refractivity contribution < 1.29 is 5.11 Å². The first kappa shape index (κ1) is 13.2. The molecule has 0 saturated carbocycles. The van der Waals surface area contributed by atoms with Crippen LogP contribution in [0.4, 0.5) is 0 Å². The van der Waals surface area contributed by atoms with Gasteiger partial charge in [0, 0.05) is 0 Å². The van der Waals surface area contributed by atoms with Crippen molar-refractivity contribution in [1.29, 1.82) is 0 Å². The van der Waals surface area contributed by atoms with Crippen LogP contribution in [0.5, 0.6) is 0 Å². The van der Waals surface area contributed by atoms with Gasteiger partial charge in [-0.1, -0.05) is 39.5 Å². The van der Waals surface area contributed by atoms with Gasteiger partial charge in [0.15, 0.2) is 0 Å². The van der Waals surface area contributed by atoms with Crippen LogP contribution in [-0.2, 0) is 0 Å². The second-order valence-electron chi connectivity index (χ2n) is 3.46. The van der Waals surface area contributed by atoms with E-state index in [1.165, 1.54) is 38.5 Å². The molecule has 0 aliphatic carbocycles. The smallest absolute Gasteiger partial charge is 0.0694 e. The maximum Gasteiger partial charge on any atom is 0.0694 e. The molecule has 0 aromatic heterocycles. The van der Waals surface area contributed by atoms with Gasteiger partial charge in [0.25, 0.3) is 0 Å². The molecule has 0 aliphatic rings. The molecule has 0 unspecified atom stereocenters. The molecule has 0 heterocycles. The van der Waals surface area contributed by atoms with Crippen molar-refractivity contribution in [3.8, 4) is 0 Å². The highest BCUT2D eigenvalue weighted by Crippen LogP contribution is 2.07. The highest BCUT2D eigenvalue weighted by molar-refractivity contribution is 7.98. The number of aliphatic hydroxyl groups excluding tert-OH is 1. The molecule has 0 bridgehead atoms. The molecule has 1 N–H and O–H groups in total. The Hall–Kier alpha value is 0.180. The Labute approximate surface area is 86.5 Å². The minimum absolute atomic E-state index is 0.693. The predicted octanol–water partition coefficient (Wildman–Crippen LogP) is 3.91. The molecule has 1 nitrogen and oxygen atoms in total. The number of hydrogen-bond acceptors (Lipinski definition) is 0. The van der Waals surface area contributed by atoms with Crippen LogP contribution in [-0.4, -0.2) is 15.9 Å². The van der Waals surface area contributed by atoms with Gasteiger partial charge in [-0.15, -0.1) is 0 Å². The van der Waals surface area contributed by atoms with Crippen molar-refractivity contribution >= 4 is 16.4 Å². The Kier molecular flexibility index (Phi) is 10.4. The van der Waals surface area contributed by atoms with Crippen LogP contribution in [0.1, 0.15) is 58.8 Å². The van der Waals surface area contributed by atoms with Crippen LogP contribution in [0.25, 0.3) is 0 Å². The molecule has 0 aromatic carbocycles. The molecule has 0 saturated heterocycles. The Morgan fingerprint density at radius 1 is 1.00 bits per heavy atom. The third-order valence-corrected chi connectivity index (χ3v) is 3.28. The standard InChI is InChI=1S/C11H24OS/c1-3-5-6-7-8-9-11(12)13-10-4-2/h12-13H,3-10H2,1-2H3. The van der Waals surface area contributed by atoms with Crippen LogP contribution in [0.2, 0.25) is 0 Å². The van der Waals surface area contributed by atoms with Gasteiger partial charge in [-0.25, -0.2) is 0 Å². The van der Waals surface area contributed by atoms with Crippen LogP contribution in [0.3, 0.4) is 0 Å². The fourth-order valence-corrected chi connectivity index (χ4v) is 2.00. The molecule has 0 atom stereocenters. The van der Waals surface area contributed by atoms with Crippen molar-refractivity contribution in [3.05, 3.63) is 0 Å². The fourth-order valence-electron chi connectivity index (χ4n) is 1.21. The molecule has 0 aliphatic heterocycles. The first-order chi connectivity index (χ1) is 6.31. The van der Waals surface area contributed by atoms with Crippen molar-refractivity contribution in [2.24, 2.45) is 0 Å². The van der Waals surface area contributed by atoms with E-state index in [9.17, 15) is 5.11 Å². The minimum Gasteiger partial charge on any atom is -0.360 e.